The lowest BCUT2D eigenvalue weighted by molar-refractivity contribution is 0.125. The summed E-state index contributed by atoms with van der Waals surface area (Å²) in [5, 5.41) is 0. The SMILES string of the molecule is CCCCCN1CCN(Cc2ccc(F)cc2)CC1. The van der Waals surface area contributed by atoms with Crippen LogP contribution in [0.2, 0.25) is 0 Å². The zero-order chi connectivity index (χ0) is 13.5. The molecule has 0 amide bonds. The van der Waals surface area contributed by atoms with Gasteiger partial charge in [-0.05, 0) is 30.7 Å². The van der Waals surface area contributed by atoms with Gasteiger partial charge in [-0.2, -0.15) is 0 Å². The van der Waals surface area contributed by atoms with Crippen molar-refractivity contribution in [3.63, 3.8) is 0 Å². The summed E-state index contributed by atoms with van der Waals surface area (Å²) in [5.74, 6) is -0.149. The molecule has 1 aromatic carbocycles. The third kappa shape index (κ3) is 4.92. The Balaban J connectivity index is 1.69. The van der Waals surface area contributed by atoms with Gasteiger partial charge in [0, 0.05) is 32.7 Å². The average Bonchev–Trinajstić information content (AvgIpc) is 2.44. The van der Waals surface area contributed by atoms with Gasteiger partial charge in [-0.25, -0.2) is 4.39 Å². The van der Waals surface area contributed by atoms with Crippen molar-refractivity contribution < 1.29 is 4.39 Å². The second-order valence-corrected chi connectivity index (χ2v) is 5.45. The highest BCUT2D eigenvalue weighted by atomic mass is 19.1. The fraction of sp³-hybridized carbons (Fsp3) is 0.625. The van der Waals surface area contributed by atoms with E-state index in [1.54, 1.807) is 12.1 Å². The van der Waals surface area contributed by atoms with Crippen molar-refractivity contribution in [3.05, 3.63) is 35.6 Å². The molecule has 0 unspecified atom stereocenters. The molecule has 0 bridgehead atoms. The molecule has 0 aromatic heterocycles. The van der Waals surface area contributed by atoms with Gasteiger partial charge in [0.2, 0.25) is 0 Å². The van der Waals surface area contributed by atoms with Gasteiger partial charge < -0.3 is 4.90 Å². The van der Waals surface area contributed by atoms with Crippen molar-refractivity contribution in [1.29, 1.82) is 0 Å². The highest BCUT2D eigenvalue weighted by Crippen LogP contribution is 2.10. The second kappa shape index (κ2) is 7.61. The predicted octanol–water partition coefficient (Wildman–Crippen LogP) is 3.13. The summed E-state index contributed by atoms with van der Waals surface area (Å²) in [6.07, 6.45) is 3.97. The van der Waals surface area contributed by atoms with Gasteiger partial charge in [-0.15, -0.1) is 0 Å². The van der Waals surface area contributed by atoms with Crippen LogP contribution in [0.4, 0.5) is 4.39 Å². The third-order valence-corrected chi connectivity index (χ3v) is 3.86. The number of nitrogens with zero attached hydrogens (tertiary/aromatic N) is 2. The molecule has 1 aliphatic heterocycles. The number of benzene rings is 1. The lowest BCUT2D eigenvalue weighted by atomic mass is 10.2. The zero-order valence-corrected chi connectivity index (χ0v) is 11.9. The molecule has 0 radical (unpaired) electrons. The van der Waals surface area contributed by atoms with Crippen LogP contribution in [0, 0.1) is 5.82 Å². The highest BCUT2D eigenvalue weighted by molar-refractivity contribution is 5.15. The van der Waals surface area contributed by atoms with E-state index in [0.29, 0.717) is 0 Å². The van der Waals surface area contributed by atoms with Gasteiger partial charge in [0.15, 0.2) is 0 Å². The summed E-state index contributed by atoms with van der Waals surface area (Å²) in [6.45, 7) is 9.05. The lowest BCUT2D eigenvalue weighted by Crippen LogP contribution is -2.46. The first-order valence-electron chi connectivity index (χ1n) is 7.47. The Kier molecular flexibility index (Phi) is 5.80. The molecule has 3 heteroatoms. The average molecular weight is 264 g/mol. The van der Waals surface area contributed by atoms with E-state index in [1.807, 2.05) is 12.1 Å². The molecule has 0 N–H and O–H groups in total. The van der Waals surface area contributed by atoms with Crippen molar-refractivity contribution >= 4 is 0 Å². The molecule has 1 aromatic rings. The second-order valence-electron chi connectivity index (χ2n) is 5.45. The normalized spacial score (nSPS) is 17.8. The molecule has 1 fully saturated rings. The number of unbranched alkanes of at least 4 members (excludes halogenated alkanes) is 2. The van der Waals surface area contributed by atoms with E-state index in [-0.39, 0.29) is 5.82 Å². The van der Waals surface area contributed by atoms with E-state index >= 15 is 0 Å². The fourth-order valence-corrected chi connectivity index (χ4v) is 2.60. The monoisotopic (exact) mass is 264 g/mol. The van der Waals surface area contributed by atoms with Crippen LogP contribution >= 0.6 is 0 Å². The van der Waals surface area contributed by atoms with E-state index < -0.39 is 0 Å². The quantitative estimate of drug-likeness (QED) is 0.728. The topological polar surface area (TPSA) is 6.48 Å². The van der Waals surface area contributed by atoms with E-state index in [1.165, 1.54) is 44.5 Å². The van der Waals surface area contributed by atoms with E-state index in [0.717, 1.165) is 19.6 Å². The summed E-state index contributed by atoms with van der Waals surface area (Å²) in [7, 11) is 0. The van der Waals surface area contributed by atoms with Gasteiger partial charge in [0.05, 0.1) is 0 Å². The molecular formula is C16H25FN2. The fourth-order valence-electron chi connectivity index (χ4n) is 2.60. The molecule has 0 atom stereocenters. The van der Waals surface area contributed by atoms with Crippen LogP contribution in [0.1, 0.15) is 31.7 Å². The molecule has 2 nitrogen and oxygen atoms in total. The predicted molar refractivity (Wildman–Crippen MR) is 77.6 cm³/mol. The minimum Gasteiger partial charge on any atom is -0.301 e. The summed E-state index contributed by atoms with van der Waals surface area (Å²) in [4.78, 5) is 5.03. The van der Waals surface area contributed by atoms with Crippen LogP contribution < -0.4 is 0 Å². The molecular weight excluding hydrogens is 239 g/mol. The summed E-state index contributed by atoms with van der Waals surface area (Å²) >= 11 is 0. The van der Waals surface area contributed by atoms with Crippen LogP contribution in [0.25, 0.3) is 0 Å². The van der Waals surface area contributed by atoms with Crippen LogP contribution in [0.3, 0.4) is 0 Å². The molecule has 0 spiro atoms. The standard InChI is InChI=1S/C16H25FN2/c1-2-3-4-9-18-10-12-19(13-11-18)14-15-5-7-16(17)8-6-15/h5-8H,2-4,9-14H2,1H3. The maximum Gasteiger partial charge on any atom is 0.123 e. The molecule has 1 heterocycles. The van der Waals surface area contributed by atoms with Crippen LogP contribution in [0.5, 0.6) is 0 Å². The first-order chi connectivity index (χ1) is 9.28. The molecule has 0 saturated carbocycles. The Morgan fingerprint density at radius 2 is 1.58 bits per heavy atom. The Morgan fingerprint density at radius 1 is 0.947 bits per heavy atom. The highest BCUT2D eigenvalue weighted by Gasteiger charge is 2.16. The molecule has 19 heavy (non-hydrogen) atoms. The van der Waals surface area contributed by atoms with Crippen LogP contribution in [0.15, 0.2) is 24.3 Å². The number of hydrogen-bond donors (Lipinski definition) is 0. The van der Waals surface area contributed by atoms with Crippen molar-refractivity contribution in [2.75, 3.05) is 32.7 Å². The first-order valence-corrected chi connectivity index (χ1v) is 7.47. The smallest absolute Gasteiger partial charge is 0.123 e. The minimum atomic E-state index is -0.149. The summed E-state index contributed by atoms with van der Waals surface area (Å²) < 4.78 is 12.8. The molecule has 0 aliphatic carbocycles. The van der Waals surface area contributed by atoms with Crippen molar-refractivity contribution in [2.45, 2.75) is 32.7 Å². The van der Waals surface area contributed by atoms with Crippen LogP contribution in [-0.2, 0) is 6.54 Å². The zero-order valence-electron chi connectivity index (χ0n) is 11.9. The number of rotatable bonds is 6. The molecule has 1 aliphatic rings. The summed E-state index contributed by atoms with van der Waals surface area (Å²) in [5.41, 5.74) is 1.21. The number of halogens is 1. The maximum atomic E-state index is 12.8. The van der Waals surface area contributed by atoms with Gasteiger partial charge in [-0.3, -0.25) is 4.90 Å². The van der Waals surface area contributed by atoms with Crippen molar-refractivity contribution in [2.24, 2.45) is 0 Å². The Bertz CT molecular complexity index is 356. The van der Waals surface area contributed by atoms with Crippen molar-refractivity contribution in [3.8, 4) is 0 Å². The Morgan fingerprint density at radius 3 is 2.21 bits per heavy atom. The Hall–Kier alpha value is -0.930. The lowest BCUT2D eigenvalue weighted by Gasteiger charge is -2.34. The molecule has 106 valence electrons. The van der Waals surface area contributed by atoms with Gasteiger partial charge in [-0.1, -0.05) is 31.9 Å². The van der Waals surface area contributed by atoms with Gasteiger partial charge in [0.25, 0.3) is 0 Å². The molecule has 1 saturated heterocycles. The van der Waals surface area contributed by atoms with Gasteiger partial charge >= 0.3 is 0 Å². The third-order valence-electron chi connectivity index (χ3n) is 3.86. The van der Waals surface area contributed by atoms with E-state index in [9.17, 15) is 4.39 Å². The van der Waals surface area contributed by atoms with E-state index in [4.69, 9.17) is 0 Å². The molecule has 2 rings (SSSR count). The minimum absolute atomic E-state index is 0.149. The first kappa shape index (κ1) is 14.5. The summed E-state index contributed by atoms with van der Waals surface area (Å²) in [6, 6.07) is 6.89. The number of piperazine rings is 1. The Labute approximate surface area is 116 Å². The van der Waals surface area contributed by atoms with Gasteiger partial charge in [0.1, 0.15) is 5.82 Å². The maximum absolute atomic E-state index is 12.8. The van der Waals surface area contributed by atoms with Crippen molar-refractivity contribution in [1.82, 2.24) is 9.80 Å². The number of hydrogen-bond acceptors (Lipinski definition) is 2. The van der Waals surface area contributed by atoms with Crippen LogP contribution in [-0.4, -0.2) is 42.5 Å². The largest absolute Gasteiger partial charge is 0.301 e. The van der Waals surface area contributed by atoms with E-state index in [2.05, 4.69) is 16.7 Å².